The second-order valence-corrected chi connectivity index (χ2v) is 7.10. The summed E-state index contributed by atoms with van der Waals surface area (Å²) in [6.07, 6.45) is 0.931. The van der Waals surface area contributed by atoms with Gasteiger partial charge in [-0.1, -0.05) is 44.2 Å². The van der Waals surface area contributed by atoms with Crippen molar-refractivity contribution in [1.29, 1.82) is 0 Å². The molecule has 134 valence electrons. The van der Waals surface area contributed by atoms with Gasteiger partial charge >= 0.3 is 5.97 Å². The topological polar surface area (TPSA) is 62.2 Å². The second-order valence-electron chi connectivity index (χ2n) is 7.10. The number of hydrogen-bond donors (Lipinski definition) is 2. The van der Waals surface area contributed by atoms with Crippen LogP contribution in [0.3, 0.4) is 0 Å². The molecule has 1 unspecified atom stereocenters. The van der Waals surface area contributed by atoms with E-state index in [2.05, 4.69) is 38.2 Å². The van der Waals surface area contributed by atoms with Crippen LogP contribution in [0.15, 0.2) is 54.6 Å². The zero-order chi connectivity index (χ0) is 18.7. The van der Waals surface area contributed by atoms with Gasteiger partial charge in [0, 0.05) is 5.39 Å². The Balaban J connectivity index is 1.93. The molecule has 1 aromatic heterocycles. The van der Waals surface area contributed by atoms with E-state index < -0.39 is 5.97 Å². The lowest BCUT2D eigenvalue weighted by atomic mass is 9.96. The second kappa shape index (κ2) is 7.56. The largest absolute Gasteiger partial charge is 0.478 e. The van der Waals surface area contributed by atoms with Crippen molar-refractivity contribution in [1.82, 2.24) is 4.98 Å². The van der Waals surface area contributed by atoms with Crippen LogP contribution in [0.25, 0.3) is 10.9 Å². The van der Waals surface area contributed by atoms with E-state index in [-0.39, 0.29) is 6.04 Å². The van der Waals surface area contributed by atoms with Gasteiger partial charge in [0.2, 0.25) is 0 Å². The van der Waals surface area contributed by atoms with Crippen LogP contribution < -0.4 is 5.32 Å². The molecule has 0 saturated heterocycles. The number of para-hydroxylation sites is 1. The van der Waals surface area contributed by atoms with E-state index in [1.165, 1.54) is 0 Å². The molecule has 4 heteroatoms. The fraction of sp³-hybridized carbons (Fsp3) is 0.273. The fourth-order valence-corrected chi connectivity index (χ4v) is 3.14. The summed E-state index contributed by atoms with van der Waals surface area (Å²) in [6.45, 7) is 6.42. The molecule has 3 aromatic rings. The van der Waals surface area contributed by atoms with E-state index >= 15 is 0 Å². The Morgan fingerprint density at radius 2 is 1.81 bits per heavy atom. The quantitative estimate of drug-likeness (QED) is 0.622. The fourth-order valence-electron chi connectivity index (χ4n) is 3.14. The number of carboxylic acids is 1. The van der Waals surface area contributed by atoms with E-state index in [1.807, 2.05) is 30.3 Å². The average Bonchev–Trinajstić information content (AvgIpc) is 2.61. The number of nitrogens with zero attached hydrogens (tertiary/aromatic N) is 1. The number of aromatic carboxylic acids is 1. The molecular weight excluding hydrogens is 324 g/mol. The molecule has 0 fully saturated rings. The molecule has 2 N–H and O–H groups in total. The summed E-state index contributed by atoms with van der Waals surface area (Å²) in [7, 11) is 0. The lowest BCUT2D eigenvalue weighted by molar-refractivity contribution is 0.0697. The Bertz CT molecular complexity index is 917. The first-order valence-corrected chi connectivity index (χ1v) is 8.90. The van der Waals surface area contributed by atoms with Crippen molar-refractivity contribution in [2.75, 3.05) is 5.32 Å². The number of carbonyl (C=O) groups is 1. The molecule has 0 aliphatic heterocycles. The van der Waals surface area contributed by atoms with Crippen LogP contribution in [0.1, 0.15) is 47.8 Å². The maximum atomic E-state index is 11.1. The number of aromatic nitrogens is 1. The lowest BCUT2D eigenvalue weighted by Crippen LogP contribution is -2.15. The highest BCUT2D eigenvalue weighted by atomic mass is 16.4. The minimum atomic E-state index is -0.906. The monoisotopic (exact) mass is 348 g/mol. The van der Waals surface area contributed by atoms with Gasteiger partial charge < -0.3 is 10.4 Å². The van der Waals surface area contributed by atoms with Crippen molar-refractivity contribution in [3.05, 3.63) is 71.3 Å². The van der Waals surface area contributed by atoms with Gasteiger partial charge in [0.05, 0.1) is 17.1 Å². The third-order valence-corrected chi connectivity index (χ3v) is 4.49. The molecular formula is C22H24N2O2. The van der Waals surface area contributed by atoms with Gasteiger partial charge in [0.1, 0.15) is 5.82 Å². The number of benzene rings is 2. The summed E-state index contributed by atoms with van der Waals surface area (Å²) in [5, 5.41) is 13.8. The Morgan fingerprint density at radius 1 is 1.12 bits per heavy atom. The molecule has 0 saturated carbocycles. The van der Waals surface area contributed by atoms with Crippen molar-refractivity contribution in [3.63, 3.8) is 0 Å². The van der Waals surface area contributed by atoms with Gasteiger partial charge in [-0.3, -0.25) is 0 Å². The van der Waals surface area contributed by atoms with Gasteiger partial charge in [0.25, 0.3) is 0 Å². The number of nitrogens with one attached hydrogen (secondary N) is 1. The summed E-state index contributed by atoms with van der Waals surface area (Å²) >= 11 is 0. The van der Waals surface area contributed by atoms with Crippen molar-refractivity contribution < 1.29 is 9.90 Å². The molecule has 0 spiro atoms. The van der Waals surface area contributed by atoms with E-state index in [0.29, 0.717) is 11.5 Å². The highest BCUT2D eigenvalue weighted by molar-refractivity contribution is 5.87. The number of carboxylic acid groups (broad SMARTS) is 1. The van der Waals surface area contributed by atoms with Crippen molar-refractivity contribution in [3.8, 4) is 0 Å². The van der Waals surface area contributed by atoms with E-state index in [1.54, 1.807) is 12.1 Å². The Hall–Kier alpha value is -2.88. The lowest BCUT2D eigenvalue weighted by Gasteiger charge is -2.23. The zero-order valence-corrected chi connectivity index (χ0v) is 15.4. The van der Waals surface area contributed by atoms with Crippen LogP contribution >= 0.6 is 0 Å². The van der Waals surface area contributed by atoms with Gasteiger partial charge in [-0.25, -0.2) is 9.78 Å². The van der Waals surface area contributed by atoms with Crippen molar-refractivity contribution in [2.45, 2.75) is 33.2 Å². The molecule has 0 bridgehead atoms. The summed E-state index contributed by atoms with van der Waals surface area (Å²) in [6, 6.07) is 17.4. The van der Waals surface area contributed by atoms with Crippen LogP contribution in [-0.4, -0.2) is 16.1 Å². The summed E-state index contributed by atoms with van der Waals surface area (Å²) in [5.41, 5.74) is 3.43. The smallest absolute Gasteiger partial charge is 0.335 e. The summed E-state index contributed by atoms with van der Waals surface area (Å²) < 4.78 is 0. The molecule has 0 radical (unpaired) electrons. The van der Waals surface area contributed by atoms with Crippen LogP contribution in [0, 0.1) is 12.8 Å². The van der Waals surface area contributed by atoms with E-state index in [9.17, 15) is 4.79 Å². The predicted octanol–water partition coefficient (Wildman–Crippen LogP) is 5.44. The van der Waals surface area contributed by atoms with Gasteiger partial charge in [0.15, 0.2) is 0 Å². The maximum Gasteiger partial charge on any atom is 0.335 e. The molecule has 0 aliphatic carbocycles. The molecule has 2 aromatic carbocycles. The first kappa shape index (κ1) is 17.9. The number of rotatable bonds is 6. The molecule has 1 atom stereocenters. The third-order valence-electron chi connectivity index (χ3n) is 4.49. The number of anilines is 1. The molecule has 0 amide bonds. The normalized spacial score (nSPS) is 12.3. The van der Waals surface area contributed by atoms with E-state index in [0.717, 1.165) is 34.3 Å². The van der Waals surface area contributed by atoms with Gasteiger partial charge in [-0.2, -0.15) is 0 Å². The minimum absolute atomic E-state index is 0.0743. The SMILES string of the molecule is Cc1cc2ccccc2nc1NC(CC(C)C)c1ccc(C(=O)O)cc1. The van der Waals surface area contributed by atoms with Crippen LogP contribution in [0.5, 0.6) is 0 Å². The standard InChI is InChI=1S/C22H24N2O2/c1-14(2)12-20(16-8-10-17(11-9-16)22(25)26)24-21-15(3)13-18-6-4-5-7-19(18)23-21/h4-11,13-14,20H,12H2,1-3H3,(H,23,24)(H,25,26). The van der Waals surface area contributed by atoms with Crippen molar-refractivity contribution in [2.24, 2.45) is 5.92 Å². The van der Waals surface area contributed by atoms with Gasteiger partial charge in [-0.05, 0) is 54.7 Å². The maximum absolute atomic E-state index is 11.1. The van der Waals surface area contributed by atoms with E-state index in [4.69, 9.17) is 10.1 Å². The summed E-state index contributed by atoms with van der Waals surface area (Å²) in [4.78, 5) is 15.9. The highest BCUT2D eigenvalue weighted by Crippen LogP contribution is 2.28. The molecule has 0 aliphatic rings. The first-order valence-electron chi connectivity index (χ1n) is 8.90. The number of aryl methyl sites for hydroxylation is 1. The molecule has 1 heterocycles. The zero-order valence-electron chi connectivity index (χ0n) is 15.4. The predicted molar refractivity (Wildman–Crippen MR) is 106 cm³/mol. The Kier molecular flexibility index (Phi) is 5.21. The first-order chi connectivity index (χ1) is 12.4. The third kappa shape index (κ3) is 4.02. The highest BCUT2D eigenvalue weighted by Gasteiger charge is 2.16. The molecule has 4 nitrogen and oxygen atoms in total. The summed E-state index contributed by atoms with van der Waals surface area (Å²) in [5.74, 6) is 0.459. The van der Waals surface area contributed by atoms with Crippen LogP contribution in [0.2, 0.25) is 0 Å². The minimum Gasteiger partial charge on any atom is -0.478 e. The number of fused-ring (bicyclic) bond motifs is 1. The number of hydrogen-bond acceptors (Lipinski definition) is 3. The van der Waals surface area contributed by atoms with Crippen LogP contribution in [-0.2, 0) is 0 Å². The average molecular weight is 348 g/mol. The molecule has 26 heavy (non-hydrogen) atoms. The van der Waals surface area contributed by atoms with Crippen LogP contribution in [0.4, 0.5) is 5.82 Å². The number of pyridine rings is 1. The van der Waals surface area contributed by atoms with Crippen molar-refractivity contribution >= 4 is 22.7 Å². The Labute approximate surface area is 153 Å². The Morgan fingerprint density at radius 3 is 2.46 bits per heavy atom. The van der Waals surface area contributed by atoms with Gasteiger partial charge in [-0.15, -0.1) is 0 Å². The molecule has 3 rings (SSSR count).